The van der Waals surface area contributed by atoms with Crippen molar-refractivity contribution in [2.24, 2.45) is 11.3 Å². The van der Waals surface area contributed by atoms with Crippen molar-refractivity contribution in [2.45, 2.75) is 32.8 Å². The quantitative estimate of drug-likeness (QED) is 0.801. The molecule has 0 aromatic heterocycles. The molecule has 0 radical (unpaired) electrons. The number of hydrogen-bond donors (Lipinski definition) is 0. The van der Waals surface area contributed by atoms with E-state index in [4.69, 9.17) is 9.47 Å². The lowest BCUT2D eigenvalue weighted by Crippen LogP contribution is -2.40. The summed E-state index contributed by atoms with van der Waals surface area (Å²) in [5.41, 5.74) is 1.06. The lowest BCUT2D eigenvalue weighted by Gasteiger charge is -2.32. The number of benzene rings is 1. The van der Waals surface area contributed by atoms with Gasteiger partial charge in [-0.1, -0.05) is 30.3 Å². The average Bonchev–Trinajstić information content (AvgIpc) is 3.28. The maximum absolute atomic E-state index is 12.1. The van der Waals surface area contributed by atoms with Crippen LogP contribution in [0.15, 0.2) is 30.3 Å². The van der Waals surface area contributed by atoms with Crippen LogP contribution in [0.25, 0.3) is 0 Å². The lowest BCUT2D eigenvalue weighted by molar-refractivity contribution is -0.145. The SMILES string of the molecule is CCOC(=O)C1CC12CCN(C(=O)OCc1ccccc1)CC2. The number of nitrogens with zero attached hydrogens (tertiary/aromatic N) is 1. The van der Waals surface area contributed by atoms with Gasteiger partial charge in [-0.25, -0.2) is 4.79 Å². The Morgan fingerprint density at radius 3 is 2.52 bits per heavy atom. The molecule has 1 heterocycles. The molecule has 1 aliphatic carbocycles. The van der Waals surface area contributed by atoms with Crippen LogP contribution in [-0.4, -0.2) is 36.7 Å². The van der Waals surface area contributed by atoms with Gasteiger partial charge in [0.2, 0.25) is 0 Å². The first-order valence-corrected chi connectivity index (χ1v) is 8.27. The van der Waals surface area contributed by atoms with Crippen molar-refractivity contribution in [3.63, 3.8) is 0 Å². The molecule has 124 valence electrons. The second-order valence-electron chi connectivity index (χ2n) is 6.40. The highest BCUT2D eigenvalue weighted by Crippen LogP contribution is 2.59. The van der Waals surface area contributed by atoms with Crippen molar-refractivity contribution >= 4 is 12.1 Å². The smallest absolute Gasteiger partial charge is 0.410 e. The summed E-state index contributed by atoms with van der Waals surface area (Å²) in [5, 5.41) is 0. The van der Waals surface area contributed by atoms with Crippen molar-refractivity contribution in [1.29, 1.82) is 0 Å². The number of rotatable bonds is 4. The van der Waals surface area contributed by atoms with Crippen LogP contribution in [0.5, 0.6) is 0 Å². The van der Waals surface area contributed by atoms with Gasteiger partial charge in [-0.3, -0.25) is 4.79 Å². The molecule has 1 aliphatic heterocycles. The highest BCUT2D eigenvalue weighted by molar-refractivity contribution is 5.77. The van der Waals surface area contributed by atoms with E-state index in [0.717, 1.165) is 24.8 Å². The topological polar surface area (TPSA) is 55.8 Å². The lowest BCUT2D eigenvalue weighted by atomic mass is 9.91. The van der Waals surface area contributed by atoms with Gasteiger partial charge in [0.05, 0.1) is 12.5 Å². The first-order valence-electron chi connectivity index (χ1n) is 8.27. The Labute approximate surface area is 136 Å². The van der Waals surface area contributed by atoms with Crippen LogP contribution in [0, 0.1) is 11.3 Å². The predicted molar refractivity (Wildman–Crippen MR) is 84.6 cm³/mol. The minimum atomic E-state index is -0.267. The van der Waals surface area contributed by atoms with Gasteiger partial charge < -0.3 is 14.4 Å². The molecule has 1 amide bonds. The summed E-state index contributed by atoms with van der Waals surface area (Å²) in [4.78, 5) is 25.7. The predicted octanol–water partition coefficient (Wildman–Crippen LogP) is 2.99. The van der Waals surface area contributed by atoms with Gasteiger partial charge in [-0.05, 0) is 37.2 Å². The van der Waals surface area contributed by atoms with Gasteiger partial charge >= 0.3 is 12.1 Å². The third-order valence-electron chi connectivity index (χ3n) is 4.98. The number of carbonyl (C=O) groups is 2. The summed E-state index contributed by atoms with van der Waals surface area (Å²) in [6.45, 7) is 3.88. The molecule has 1 unspecified atom stereocenters. The molecule has 1 aromatic rings. The van der Waals surface area contributed by atoms with E-state index in [-0.39, 0.29) is 23.4 Å². The van der Waals surface area contributed by atoms with E-state index in [1.165, 1.54) is 0 Å². The third kappa shape index (κ3) is 3.49. The zero-order chi connectivity index (χ0) is 16.3. The first-order chi connectivity index (χ1) is 11.1. The molecule has 1 aromatic carbocycles. The Morgan fingerprint density at radius 2 is 1.87 bits per heavy atom. The van der Waals surface area contributed by atoms with Crippen LogP contribution >= 0.6 is 0 Å². The number of esters is 1. The monoisotopic (exact) mass is 317 g/mol. The van der Waals surface area contributed by atoms with Gasteiger partial charge in [0.15, 0.2) is 0 Å². The standard InChI is InChI=1S/C18H23NO4/c1-2-22-16(20)15-12-18(15)8-10-19(11-9-18)17(21)23-13-14-6-4-3-5-7-14/h3-7,15H,2,8-13H2,1H3. The van der Waals surface area contributed by atoms with Crippen molar-refractivity contribution in [3.05, 3.63) is 35.9 Å². The zero-order valence-electron chi connectivity index (χ0n) is 13.5. The number of ether oxygens (including phenoxy) is 2. The molecule has 5 heteroatoms. The zero-order valence-corrected chi connectivity index (χ0v) is 13.5. The van der Waals surface area contributed by atoms with Crippen LogP contribution in [-0.2, 0) is 20.9 Å². The minimum Gasteiger partial charge on any atom is -0.466 e. The Kier molecular flexibility index (Phi) is 4.55. The summed E-state index contributed by atoms with van der Waals surface area (Å²) in [5.74, 6) is -0.0439. The Hall–Kier alpha value is -2.04. The molecular weight excluding hydrogens is 294 g/mol. The van der Waals surface area contributed by atoms with Crippen molar-refractivity contribution in [1.82, 2.24) is 4.90 Å². The van der Waals surface area contributed by atoms with Crippen LogP contribution in [0.2, 0.25) is 0 Å². The molecule has 23 heavy (non-hydrogen) atoms. The number of amides is 1. The molecule has 1 saturated carbocycles. The molecular formula is C18H23NO4. The third-order valence-corrected chi connectivity index (χ3v) is 4.98. The molecule has 3 rings (SSSR count). The number of piperidine rings is 1. The molecule has 2 fully saturated rings. The van der Waals surface area contributed by atoms with Crippen LogP contribution in [0.4, 0.5) is 4.79 Å². The molecule has 1 saturated heterocycles. The maximum atomic E-state index is 12.1. The fourth-order valence-corrected chi connectivity index (χ4v) is 3.42. The molecule has 2 aliphatic rings. The number of likely N-dealkylation sites (tertiary alicyclic amines) is 1. The molecule has 0 bridgehead atoms. The van der Waals surface area contributed by atoms with Gasteiger partial charge in [-0.2, -0.15) is 0 Å². The second kappa shape index (κ2) is 6.60. The van der Waals surface area contributed by atoms with E-state index < -0.39 is 0 Å². The Balaban J connectivity index is 1.44. The summed E-state index contributed by atoms with van der Waals surface area (Å²) in [6, 6.07) is 9.66. The van der Waals surface area contributed by atoms with Gasteiger partial charge in [-0.15, -0.1) is 0 Å². The van der Waals surface area contributed by atoms with Crippen molar-refractivity contribution < 1.29 is 19.1 Å². The van der Waals surface area contributed by atoms with Gasteiger partial charge in [0.25, 0.3) is 0 Å². The summed E-state index contributed by atoms with van der Waals surface area (Å²) in [6.07, 6.45) is 2.35. The van der Waals surface area contributed by atoms with E-state index in [1.54, 1.807) is 4.90 Å². The molecule has 5 nitrogen and oxygen atoms in total. The van der Waals surface area contributed by atoms with E-state index in [1.807, 2.05) is 37.3 Å². The van der Waals surface area contributed by atoms with Crippen LogP contribution in [0.1, 0.15) is 31.7 Å². The van der Waals surface area contributed by atoms with E-state index in [9.17, 15) is 9.59 Å². The van der Waals surface area contributed by atoms with E-state index in [0.29, 0.717) is 26.3 Å². The van der Waals surface area contributed by atoms with Crippen molar-refractivity contribution in [3.8, 4) is 0 Å². The summed E-state index contributed by atoms with van der Waals surface area (Å²) < 4.78 is 10.5. The largest absolute Gasteiger partial charge is 0.466 e. The Bertz CT molecular complexity index is 564. The van der Waals surface area contributed by atoms with Crippen molar-refractivity contribution in [2.75, 3.05) is 19.7 Å². The van der Waals surface area contributed by atoms with Gasteiger partial charge in [0.1, 0.15) is 6.61 Å². The fraction of sp³-hybridized carbons (Fsp3) is 0.556. The maximum Gasteiger partial charge on any atom is 0.410 e. The minimum absolute atomic E-state index is 0.0324. The second-order valence-corrected chi connectivity index (χ2v) is 6.40. The van der Waals surface area contributed by atoms with E-state index >= 15 is 0 Å². The first kappa shape index (κ1) is 15.8. The highest BCUT2D eigenvalue weighted by Gasteiger charge is 2.59. The molecule has 1 spiro atoms. The summed E-state index contributed by atoms with van der Waals surface area (Å²) >= 11 is 0. The molecule has 1 atom stereocenters. The Morgan fingerprint density at radius 1 is 1.17 bits per heavy atom. The van der Waals surface area contributed by atoms with Crippen LogP contribution in [0.3, 0.4) is 0 Å². The average molecular weight is 317 g/mol. The van der Waals surface area contributed by atoms with Gasteiger partial charge in [0, 0.05) is 13.1 Å². The highest BCUT2D eigenvalue weighted by atomic mass is 16.6. The normalized spacial score (nSPS) is 21.8. The molecule has 0 N–H and O–H groups in total. The van der Waals surface area contributed by atoms with E-state index in [2.05, 4.69) is 0 Å². The number of hydrogen-bond acceptors (Lipinski definition) is 4. The summed E-state index contributed by atoms with van der Waals surface area (Å²) in [7, 11) is 0. The van der Waals surface area contributed by atoms with Crippen LogP contribution < -0.4 is 0 Å². The fourth-order valence-electron chi connectivity index (χ4n) is 3.42. The number of carbonyl (C=O) groups excluding carboxylic acids is 2.